The van der Waals surface area contributed by atoms with Crippen LogP contribution in [0.1, 0.15) is 16.7 Å². The van der Waals surface area contributed by atoms with Gasteiger partial charge in [0.2, 0.25) is 0 Å². The van der Waals surface area contributed by atoms with E-state index in [1.165, 1.54) is 16.7 Å². The van der Waals surface area contributed by atoms with Crippen molar-refractivity contribution in [3.05, 3.63) is 47.0 Å². The van der Waals surface area contributed by atoms with Crippen LogP contribution in [-0.4, -0.2) is 0 Å². The summed E-state index contributed by atoms with van der Waals surface area (Å²) in [6.07, 6.45) is 0. The Labute approximate surface area is 102 Å². The van der Waals surface area contributed by atoms with E-state index in [4.69, 9.17) is 11.5 Å². The molecule has 2 nitrogen and oxygen atoms in total. The monoisotopic (exact) mass is 226 g/mol. The predicted molar refractivity (Wildman–Crippen MR) is 74.9 cm³/mol. The topological polar surface area (TPSA) is 52.0 Å². The van der Waals surface area contributed by atoms with Crippen LogP contribution in [0, 0.1) is 20.8 Å². The summed E-state index contributed by atoms with van der Waals surface area (Å²) in [4.78, 5) is 0. The molecule has 0 unspecified atom stereocenters. The fourth-order valence-corrected chi connectivity index (χ4v) is 2.06. The van der Waals surface area contributed by atoms with Gasteiger partial charge >= 0.3 is 0 Å². The molecule has 2 aromatic carbocycles. The summed E-state index contributed by atoms with van der Waals surface area (Å²) < 4.78 is 0. The number of nitrogen functional groups attached to an aromatic ring is 2. The van der Waals surface area contributed by atoms with Gasteiger partial charge < -0.3 is 11.5 Å². The fourth-order valence-electron chi connectivity index (χ4n) is 2.06. The summed E-state index contributed by atoms with van der Waals surface area (Å²) >= 11 is 0. The van der Waals surface area contributed by atoms with Crippen LogP contribution < -0.4 is 11.5 Å². The average Bonchev–Trinajstić information content (AvgIpc) is 2.32. The van der Waals surface area contributed by atoms with Gasteiger partial charge in [-0.25, -0.2) is 0 Å². The summed E-state index contributed by atoms with van der Waals surface area (Å²) in [6.45, 7) is 6.22. The van der Waals surface area contributed by atoms with E-state index in [0.29, 0.717) is 0 Å². The first-order valence-electron chi connectivity index (χ1n) is 5.73. The van der Waals surface area contributed by atoms with Gasteiger partial charge in [0, 0.05) is 11.4 Å². The largest absolute Gasteiger partial charge is 0.399 e. The van der Waals surface area contributed by atoms with Crippen molar-refractivity contribution in [1.82, 2.24) is 0 Å². The minimum absolute atomic E-state index is 0.787. The SMILES string of the molecule is Cc1cc(-c2ccc(N)cc2)c(C)c(C)c1N. The Bertz CT molecular complexity index is 554. The van der Waals surface area contributed by atoms with Gasteiger partial charge in [-0.05, 0) is 66.8 Å². The van der Waals surface area contributed by atoms with Crippen molar-refractivity contribution >= 4 is 11.4 Å². The Kier molecular flexibility index (Phi) is 2.80. The van der Waals surface area contributed by atoms with E-state index < -0.39 is 0 Å². The van der Waals surface area contributed by atoms with Gasteiger partial charge in [0.1, 0.15) is 0 Å². The summed E-state index contributed by atoms with van der Waals surface area (Å²) in [5.74, 6) is 0. The van der Waals surface area contributed by atoms with Crippen LogP contribution in [-0.2, 0) is 0 Å². The van der Waals surface area contributed by atoms with E-state index in [2.05, 4.69) is 19.9 Å². The number of rotatable bonds is 1. The first-order chi connectivity index (χ1) is 8.00. The third-order valence-electron chi connectivity index (χ3n) is 3.38. The Morgan fingerprint density at radius 3 is 2.00 bits per heavy atom. The Hall–Kier alpha value is -1.96. The van der Waals surface area contributed by atoms with Crippen LogP contribution in [0.3, 0.4) is 0 Å². The maximum Gasteiger partial charge on any atom is 0.0376 e. The summed E-state index contributed by atoms with van der Waals surface area (Å²) in [5.41, 5.74) is 19.4. The first kappa shape index (κ1) is 11.5. The highest BCUT2D eigenvalue weighted by atomic mass is 14.6. The summed E-state index contributed by atoms with van der Waals surface area (Å²) in [7, 11) is 0. The lowest BCUT2D eigenvalue weighted by molar-refractivity contribution is 1.30. The van der Waals surface area contributed by atoms with Gasteiger partial charge in [-0.3, -0.25) is 0 Å². The van der Waals surface area contributed by atoms with Crippen molar-refractivity contribution < 1.29 is 0 Å². The molecule has 17 heavy (non-hydrogen) atoms. The number of hydrogen-bond donors (Lipinski definition) is 2. The number of hydrogen-bond acceptors (Lipinski definition) is 2. The smallest absolute Gasteiger partial charge is 0.0376 e. The van der Waals surface area contributed by atoms with Crippen molar-refractivity contribution in [1.29, 1.82) is 0 Å². The molecule has 0 atom stereocenters. The number of aryl methyl sites for hydroxylation is 1. The van der Waals surface area contributed by atoms with Gasteiger partial charge in [0.05, 0.1) is 0 Å². The molecule has 0 radical (unpaired) electrons. The minimum Gasteiger partial charge on any atom is -0.399 e. The van der Waals surface area contributed by atoms with Gasteiger partial charge in [-0.15, -0.1) is 0 Å². The second-order valence-corrected chi connectivity index (χ2v) is 4.53. The summed E-state index contributed by atoms with van der Waals surface area (Å²) in [6, 6.07) is 10.1. The third-order valence-corrected chi connectivity index (χ3v) is 3.38. The lowest BCUT2D eigenvalue weighted by Crippen LogP contribution is -1.98. The molecule has 88 valence electrons. The van der Waals surface area contributed by atoms with Crippen molar-refractivity contribution in [3.8, 4) is 11.1 Å². The molecule has 2 aromatic rings. The standard InChI is InChI=1S/C15H18N2/c1-9-8-14(10(2)11(3)15(9)17)12-4-6-13(16)7-5-12/h4-8H,16-17H2,1-3H3. The zero-order valence-corrected chi connectivity index (χ0v) is 10.5. The zero-order valence-electron chi connectivity index (χ0n) is 10.5. The van der Waals surface area contributed by atoms with Crippen molar-refractivity contribution in [2.45, 2.75) is 20.8 Å². The van der Waals surface area contributed by atoms with E-state index >= 15 is 0 Å². The molecular weight excluding hydrogens is 208 g/mol. The van der Waals surface area contributed by atoms with Crippen LogP contribution >= 0.6 is 0 Å². The number of benzene rings is 2. The number of anilines is 2. The molecule has 0 aliphatic rings. The first-order valence-corrected chi connectivity index (χ1v) is 5.73. The molecule has 0 bridgehead atoms. The highest BCUT2D eigenvalue weighted by Gasteiger charge is 2.09. The minimum atomic E-state index is 0.787. The van der Waals surface area contributed by atoms with E-state index in [1.807, 2.05) is 31.2 Å². The zero-order chi connectivity index (χ0) is 12.6. The van der Waals surface area contributed by atoms with E-state index in [9.17, 15) is 0 Å². The average molecular weight is 226 g/mol. The Morgan fingerprint density at radius 2 is 1.41 bits per heavy atom. The number of nitrogens with two attached hydrogens (primary N) is 2. The van der Waals surface area contributed by atoms with Crippen LogP contribution in [0.15, 0.2) is 30.3 Å². The summed E-state index contributed by atoms with van der Waals surface area (Å²) in [5, 5.41) is 0. The molecule has 0 aliphatic carbocycles. The molecule has 0 saturated carbocycles. The lowest BCUT2D eigenvalue weighted by atomic mass is 9.93. The molecule has 0 heterocycles. The molecule has 0 fully saturated rings. The molecular formula is C15H18N2. The molecule has 0 spiro atoms. The van der Waals surface area contributed by atoms with Crippen molar-refractivity contribution in [2.75, 3.05) is 11.5 Å². The van der Waals surface area contributed by atoms with Crippen molar-refractivity contribution in [2.24, 2.45) is 0 Å². The maximum absolute atomic E-state index is 6.03. The highest BCUT2D eigenvalue weighted by Crippen LogP contribution is 2.31. The van der Waals surface area contributed by atoms with Crippen LogP contribution in [0.25, 0.3) is 11.1 Å². The molecule has 0 aliphatic heterocycles. The highest BCUT2D eigenvalue weighted by molar-refractivity contribution is 5.75. The van der Waals surface area contributed by atoms with Gasteiger partial charge in [-0.2, -0.15) is 0 Å². The maximum atomic E-state index is 6.03. The molecule has 2 rings (SSSR count). The van der Waals surface area contributed by atoms with Gasteiger partial charge in [0.15, 0.2) is 0 Å². The van der Waals surface area contributed by atoms with Crippen LogP contribution in [0.4, 0.5) is 11.4 Å². The van der Waals surface area contributed by atoms with Gasteiger partial charge in [0.25, 0.3) is 0 Å². The second-order valence-electron chi connectivity index (χ2n) is 4.53. The van der Waals surface area contributed by atoms with E-state index in [1.54, 1.807) is 0 Å². The molecule has 0 aromatic heterocycles. The van der Waals surface area contributed by atoms with Crippen LogP contribution in [0.2, 0.25) is 0 Å². The van der Waals surface area contributed by atoms with Crippen LogP contribution in [0.5, 0.6) is 0 Å². The fraction of sp³-hybridized carbons (Fsp3) is 0.200. The molecule has 4 N–H and O–H groups in total. The molecule has 0 amide bonds. The third kappa shape index (κ3) is 1.98. The predicted octanol–water partition coefficient (Wildman–Crippen LogP) is 3.44. The Morgan fingerprint density at radius 1 is 0.824 bits per heavy atom. The van der Waals surface area contributed by atoms with Crippen molar-refractivity contribution in [3.63, 3.8) is 0 Å². The van der Waals surface area contributed by atoms with E-state index in [0.717, 1.165) is 22.5 Å². The lowest BCUT2D eigenvalue weighted by Gasteiger charge is -2.14. The quantitative estimate of drug-likeness (QED) is 0.732. The van der Waals surface area contributed by atoms with Gasteiger partial charge in [-0.1, -0.05) is 12.1 Å². The second kappa shape index (κ2) is 4.13. The molecule has 0 saturated heterocycles. The molecule has 2 heteroatoms. The van der Waals surface area contributed by atoms with E-state index in [-0.39, 0.29) is 0 Å². The Balaban J connectivity index is 2.64. The normalized spacial score (nSPS) is 10.5.